The number of likely N-dealkylation sites (N-methyl/N-ethyl adjacent to an activating group) is 1. The van der Waals surface area contributed by atoms with Gasteiger partial charge in [0.1, 0.15) is 17.6 Å². The zero-order valence-corrected chi connectivity index (χ0v) is 23.9. The van der Waals surface area contributed by atoms with Gasteiger partial charge in [0, 0.05) is 29.2 Å². The Bertz CT molecular complexity index is 1480. The van der Waals surface area contributed by atoms with Gasteiger partial charge in [-0.15, -0.1) is 0 Å². The number of aliphatic hydroxyl groups is 3. The lowest BCUT2D eigenvalue weighted by atomic mass is 9.50. The number of esters is 2. The van der Waals surface area contributed by atoms with Crippen molar-refractivity contribution in [2.24, 2.45) is 0 Å². The van der Waals surface area contributed by atoms with Crippen molar-refractivity contribution < 1.29 is 57.1 Å². The largest absolute Gasteiger partial charge is 0.481 e. The van der Waals surface area contributed by atoms with Crippen LogP contribution in [0.1, 0.15) is 48.1 Å². The van der Waals surface area contributed by atoms with E-state index in [-0.39, 0.29) is 24.8 Å². The first-order valence-corrected chi connectivity index (χ1v) is 14.0. The topological polar surface area (TPSA) is 143 Å². The molecule has 1 spiro atoms. The van der Waals surface area contributed by atoms with E-state index in [1.807, 2.05) is 19.2 Å². The molecule has 0 amide bonds. The molecule has 236 valence electrons. The van der Waals surface area contributed by atoms with Crippen LogP contribution in [0.4, 0.5) is 13.2 Å². The van der Waals surface area contributed by atoms with Gasteiger partial charge >= 0.3 is 18.1 Å². The standard InChI is InChI=1S/C29H31NO8.C2HF3O/c1-16(32)26(33)38-24(17-6-4-3-5-7-17)27(34)36-20-10-11-29(35)21-14-18-8-9-19(15-31)23-22(18)28(29,25(20)37-23)12-13-30(21)2;3-2(4,5)1-6/h3-10,16,21,24-25,31-32,35H,11-15H2,1-2H3;1H/t16-,21+,24-,25-,28-,29+;/m0./s1. The number of hydrogen-bond acceptors (Lipinski definition) is 10. The lowest BCUT2D eigenvalue weighted by molar-refractivity contribution is -0.178. The van der Waals surface area contributed by atoms with Gasteiger partial charge in [-0.1, -0.05) is 42.5 Å². The predicted octanol–water partition coefficient (Wildman–Crippen LogP) is 2.41. The first kappa shape index (κ1) is 31.6. The smallest absolute Gasteiger partial charge is 0.446 e. The summed E-state index contributed by atoms with van der Waals surface area (Å²) >= 11 is 0. The van der Waals surface area contributed by atoms with Gasteiger partial charge in [-0.25, -0.2) is 9.59 Å². The summed E-state index contributed by atoms with van der Waals surface area (Å²) in [6.45, 7) is 1.76. The summed E-state index contributed by atoms with van der Waals surface area (Å²) in [5.74, 6) is -1.00. The van der Waals surface area contributed by atoms with Crippen LogP contribution >= 0.6 is 0 Å². The van der Waals surface area contributed by atoms with Crippen LogP contribution < -0.4 is 4.74 Å². The second kappa shape index (κ2) is 11.6. The van der Waals surface area contributed by atoms with Crippen molar-refractivity contribution in [3.8, 4) is 5.75 Å². The fourth-order valence-electron chi connectivity index (χ4n) is 6.90. The van der Waals surface area contributed by atoms with E-state index < -0.39 is 53.7 Å². The molecule has 10 nitrogen and oxygen atoms in total. The average Bonchev–Trinajstić information content (AvgIpc) is 3.35. The minimum Gasteiger partial charge on any atom is -0.481 e. The molecule has 2 aliphatic heterocycles. The quantitative estimate of drug-likeness (QED) is 0.326. The summed E-state index contributed by atoms with van der Waals surface area (Å²) < 4.78 is 49.0. The molecule has 1 fully saturated rings. The van der Waals surface area contributed by atoms with E-state index in [4.69, 9.17) is 19.0 Å². The summed E-state index contributed by atoms with van der Waals surface area (Å²) in [7, 11) is 2.01. The maximum atomic E-state index is 13.5. The molecule has 13 heteroatoms. The maximum absolute atomic E-state index is 13.5. The number of carbonyl (C=O) groups excluding carboxylic acids is 3. The average molecular weight is 620 g/mol. The predicted molar refractivity (Wildman–Crippen MR) is 146 cm³/mol. The number of rotatable bonds is 6. The summed E-state index contributed by atoms with van der Waals surface area (Å²) in [6, 6.07) is 12.1. The monoisotopic (exact) mass is 619 g/mol. The van der Waals surface area contributed by atoms with Crippen molar-refractivity contribution in [2.75, 3.05) is 13.6 Å². The minimum absolute atomic E-state index is 0.154. The van der Waals surface area contributed by atoms with Gasteiger partial charge < -0.3 is 34.4 Å². The van der Waals surface area contributed by atoms with Crippen LogP contribution in [0.2, 0.25) is 0 Å². The molecule has 4 aliphatic rings. The molecule has 3 N–H and O–H groups in total. The van der Waals surface area contributed by atoms with Crippen molar-refractivity contribution in [1.29, 1.82) is 0 Å². The summed E-state index contributed by atoms with van der Waals surface area (Å²) in [4.78, 5) is 36.7. The number of carbonyl (C=O) groups is 3. The fraction of sp³-hybridized carbons (Fsp3) is 0.452. The Balaban J connectivity index is 0.000000584. The number of piperidine rings is 1. The van der Waals surface area contributed by atoms with Crippen molar-refractivity contribution in [3.05, 3.63) is 76.6 Å². The normalized spacial score (nSPS) is 27.8. The zero-order chi connectivity index (χ0) is 32.0. The molecule has 2 aromatic rings. The summed E-state index contributed by atoms with van der Waals surface area (Å²) in [5.41, 5.74) is 0.941. The van der Waals surface area contributed by atoms with Gasteiger partial charge in [-0.3, -0.25) is 4.79 Å². The Morgan fingerprint density at radius 1 is 1.18 bits per heavy atom. The van der Waals surface area contributed by atoms with Crippen molar-refractivity contribution >= 4 is 18.2 Å². The van der Waals surface area contributed by atoms with Gasteiger partial charge in [-0.2, -0.15) is 13.2 Å². The SMILES string of the molecule is C[C@H](O)C(=O)O[C@H](C(=O)OC1=CC[C@@]2(O)[C@H]3Cc4ccc(CO)c5c4[C@@]2(CCN3C)[C@H]1O5)c1ccccc1.O=CC(F)(F)F. The molecule has 0 radical (unpaired) electrons. The van der Waals surface area contributed by atoms with Crippen molar-refractivity contribution in [3.63, 3.8) is 0 Å². The third kappa shape index (κ3) is 5.17. The molecule has 44 heavy (non-hydrogen) atoms. The molecular weight excluding hydrogens is 587 g/mol. The first-order valence-electron chi connectivity index (χ1n) is 14.0. The van der Waals surface area contributed by atoms with E-state index in [0.29, 0.717) is 29.7 Å². The zero-order valence-electron chi connectivity index (χ0n) is 23.9. The lowest BCUT2D eigenvalue weighted by Crippen LogP contribution is -2.74. The Labute approximate surface area is 250 Å². The summed E-state index contributed by atoms with van der Waals surface area (Å²) in [5, 5.41) is 32.0. The fourth-order valence-corrected chi connectivity index (χ4v) is 6.90. The second-order valence-corrected chi connectivity index (χ2v) is 11.4. The number of ether oxygens (including phenoxy) is 3. The number of hydrogen-bond donors (Lipinski definition) is 3. The summed E-state index contributed by atoms with van der Waals surface area (Å²) in [6.07, 6.45) is -6.16. The first-order chi connectivity index (χ1) is 20.8. The molecule has 6 atom stereocenters. The Kier molecular flexibility index (Phi) is 8.35. The van der Waals surface area contributed by atoms with Crippen molar-refractivity contribution in [1.82, 2.24) is 4.90 Å². The number of aliphatic hydroxyl groups excluding tert-OH is 2. The molecule has 2 aliphatic carbocycles. The number of benzene rings is 2. The second-order valence-electron chi connectivity index (χ2n) is 11.4. The van der Waals surface area contributed by atoms with Gasteiger partial charge in [-0.05, 0) is 45.0 Å². The number of alkyl halides is 3. The van der Waals surface area contributed by atoms with Gasteiger partial charge in [0.2, 0.25) is 12.4 Å². The number of likely N-dealkylation sites (tertiary alicyclic amines) is 1. The van der Waals surface area contributed by atoms with Crippen LogP contribution in [0.3, 0.4) is 0 Å². The van der Waals surface area contributed by atoms with Gasteiger partial charge in [0.25, 0.3) is 0 Å². The molecule has 1 saturated heterocycles. The van der Waals surface area contributed by atoms with Crippen LogP contribution in [0.15, 0.2) is 54.3 Å². The van der Waals surface area contributed by atoms with E-state index in [0.717, 1.165) is 17.7 Å². The van der Waals surface area contributed by atoms with E-state index in [1.54, 1.807) is 36.4 Å². The number of nitrogens with zero attached hydrogens (tertiary/aromatic N) is 1. The molecule has 2 aromatic carbocycles. The van der Waals surface area contributed by atoms with Crippen LogP contribution in [-0.2, 0) is 42.3 Å². The highest BCUT2D eigenvalue weighted by Gasteiger charge is 2.72. The Morgan fingerprint density at radius 2 is 1.86 bits per heavy atom. The van der Waals surface area contributed by atoms with Crippen LogP contribution in [-0.4, -0.2) is 82.1 Å². The number of aldehydes is 1. The van der Waals surface area contributed by atoms with E-state index in [9.17, 15) is 38.1 Å². The van der Waals surface area contributed by atoms with Crippen molar-refractivity contribution in [2.45, 2.75) is 74.3 Å². The highest BCUT2D eigenvalue weighted by atomic mass is 19.4. The molecule has 0 unspecified atom stereocenters. The Morgan fingerprint density at radius 3 is 2.48 bits per heavy atom. The van der Waals surface area contributed by atoms with Crippen LogP contribution in [0, 0.1) is 0 Å². The molecule has 0 saturated carbocycles. The van der Waals surface area contributed by atoms with E-state index in [2.05, 4.69) is 4.90 Å². The minimum atomic E-state index is -4.64. The molecule has 2 bridgehead atoms. The van der Waals surface area contributed by atoms with E-state index in [1.165, 1.54) is 6.92 Å². The van der Waals surface area contributed by atoms with Crippen LogP contribution in [0.25, 0.3) is 0 Å². The van der Waals surface area contributed by atoms with Gasteiger partial charge in [0.05, 0.1) is 17.6 Å². The lowest BCUT2D eigenvalue weighted by Gasteiger charge is -2.61. The molecule has 2 heterocycles. The molecule has 0 aromatic heterocycles. The highest BCUT2D eigenvalue weighted by molar-refractivity contribution is 5.83. The van der Waals surface area contributed by atoms with E-state index >= 15 is 0 Å². The molecular formula is C31H32F3NO9. The van der Waals surface area contributed by atoms with Crippen LogP contribution in [0.5, 0.6) is 5.75 Å². The number of halogens is 3. The Hall–Kier alpha value is -3.78. The third-order valence-electron chi connectivity index (χ3n) is 8.87. The maximum Gasteiger partial charge on any atom is 0.446 e. The third-order valence-corrected chi connectivity index (χ3v) is 8.87. The highest BCUT2D eigenvalue weighted by Crippen LogP contribution is 2.64. The van der Waals surface area contributed by atoms with Gasteiger partial charge in [0.15, 0.2) is 6.10 Å². The molecule has 6 rings (SSSR count).